The van der Waals surface area contributed by atoms with Gasteiger partial charge in [0, 0.05) is 24.5 Å². The Morgan fingerprint density at radius 3 is 2.50 bits per heavy atom. The smallest absolute Gasteiger partial charge is 0.407 e. The van der Waals surface area contributed by atoms with Gasteiger partial charge in [-0.3, -0.25) is 0 Å². The molecule has 2 N–H and O–H groups in total. The molecule has 1 aromatic carbocycles. The Hall–Kier alpha value is -1.76. The van der Waals surface area contributed by atoms with E-state index in [-0.39, 0.29) is 10.9 Å². The Bertz CT molecular complexity index is 621. The van der Waals surface area contributed by atoms with Crippen molar-refractivity contribution < 1.29 is 17.9 Å². The van der Waals surface area contributed by atoms with Crippen molar-refractivity contribution in [3.63, 3.8) is 0 Å². The molecule has 0 aromatic heterocycles. The van der Waals surface area contributed by atoms with Crippen LogP contribution in [0.4, 0.5) is 10.5 Å². The molecule has 0 spiro atoms. The molecule has 6 nitrogen and oxygen atoms in total. The number of carbonyl (C=O) groups excluding carboxylic acids is 1. The normalized spacial score (nSPS) is 13.3. The number of benzene rings is 1. The van der Waals surface area contributed by atoms with Crippen LogP contribution in [0, 0.1) is 0 Å². The summed E-state index contributed by atoms with van der Waals surface area (Å²) < 4.78 is 28.2. The van der Waals surface area contributed by atoms with Crippen LogP contribution in [0.3, 0.4) is 0 Å². The van der Waals surface area contributed by atoms with Gasteiger partial charge in [-0.2, -0.15) is 0 Å². The zero-order valence-corrected chi connectivity index (χ0v) is 14.5. The molecule has 0 saturated carbocycles. The molecule has 0 aliphatic carbocycles. The molecular weight excluding hydrogens is 304 g/mol. The third-order valence-electron chi connectivity index (χ3n) is 2.63. The molecule has 0 aliphatic rings. The number of hydrogen-bond donors (Lipinski definition) is 2. The van der Waals surface area contributed by atoms with Crippen molar-refractivity contribution >= 4 is 21.6 Å². The van der Waals surface area contributed by atoms with Crippen LogP contribution in [-0.4, -0.2) is 39.0 Å². The standard InChI is InChI=1S/C15H24N2O4S/c1-11(10-16-14(18)21-15(2,3)4)17-12-7-6-8-13(9-12)22(5,19)20/h6-9,11,17H,10H2,1-5H3,(H,16,18). The lowest BCUT2D eigenvalue weighted by molar-refractivity contribution is 0.0526. The van der Waals surface area contributed by atoms with Gasteiger partial charge in [-0.25, -0.2) is 13.2 Å². The van der Waals surface area contributed by atoms with Gasteiger partial charge in [0.15, 0.2) is 9.84 Å². The van der Waals surface area contributed by atoms with E-state index in [1.165, 1.54) is 6.26 Å². The third kappa shape index (κ3) is 6.80. The highest BCUT2D eigenvalue weighted by Crippen LogP contribution is 2.16. The molecule has 0 radical (unpaired) electrons. The summed E-state index contributed by atoms with van der Waals surface area (Å²) in [7, 11) is -3.24. The molecule has 22 heavy (non-hydrogen) atoms. The molecule has 0 fully saturated rings. The zero-order valence-electron chi connectivity index (χ0n) is 13.6. The Morgan fingerprint density at radius 1 is 1.32 bits per heavy atom. The number of amides is 1. The van der Waals surface area contributed by atoms with Gasteiger partial charge in [0.1, 0.15) is 5.60 Å². The third-order valence-corrected chi connectivity index (χ3v) is 3.74. The maximum atomic E-state index is 11.6. The second-order valence-corrected chi connectivity index (χ2v) is 8.24. The number of anilines is 1. The molecular formula is C15H24N2O4S. The minimum atomic E-state index is -3.24. The fraction of sp³-hybridized carbons (Fsp3) is 0.533. The first-order chi connectivity index (χ1) is 9.97. The average molecular weight is 328 g/mol. The predicted molar refractivity (Wildman–Crippen MR) is 86.9 cm³/mol. The van der Waals surface area contributed by atoms with Gasteiger partial charge in [-0.05, 0) is 45.9 Å². The molecule has 0 aliphatic heterocycles. The van der Waals surface area contributed by atoms with Gasteiger partial charge in [0.05, 0.1) is 4.90 Å². The first-order valence-corrected chi connectivity index (χ1v) is 8.90. The van der Waals surface area contributed by atoms with E-state index in [1.54, 1.807) is 45.0 Å². The van der Waals surface area contributed by atoms with Crippen LogP contribution >= 0.6 is 0 Å². The van der Waals surface area contributed by atoms with Crippen molar-refractivity contribution in [2.24, 2.45) is 0 Å². The molecule has 0 bridgehead atoms. The number of ether oxygens (including phenoxy) is 1. The van der Waals surface area contributed by atoms with Crippen LogP contribution in [0.1, 0.15) is 27.7 Å². The molecule has 1 amide bonds. The minimum Gasteiger partial charge on any atom is -0.444 e. The van der Waals surface area contributed by atoms with E-state index in [2.05, 4.69) is 10.6 Å². The topological polar surface area (TPSA) is 84.5 Å². The fourth-order valence-corrected chi connectivity index (χ4v) is 2.37. The Morgan fingerprint density at radius 2 is 1.95 bits per heavy atom. The van der Waals surface area contributed by atoms with Gasteiger partial charge < -0.3 is 15.4 Å². The Labute approximate surface area is 132 Å². The summed E-state index contributed by atoms with van der Waals surface area (Å²) >= 11 is 0. The van der Waals surface area contributed by atoms with E-state index in [1.807, 2.05) is 6.92 Å². The number of rotatable bonds is 5. The SMILES string of the molecule is CC(CNC(=O)OC(C)(C)C)Nc1cccc(S(C)(=O)=O)c1. The first kappa shape index (κ1) is 18.3. The Kier molecular flexibility index (Phi) is 5.82. The number of carbonyl (C=O) groups is 1. The van der Waals surface area contributed by atoms with Crippen LogP contribution in [0.15, 0.2) is 29.2 Å². The monoisotopic (exact) mass is 328 g/mol. The molecule has 1 unspecified atom stereocenters. The highest BCUT2D eigenvalue weighted by Gasteiger charge is 2.16. The van der Waals surface area contributed by atoms with Gasteiger partial charge in [0.25, 0.3) is 0 Å². The lowest BCUT2D eigenvalue weighted by Gasteiger charge is -2.21. The van der Waals surface area contributed by atoms with Gasteiger partial charge in [0.2, 0.25) is 0 Å². The molecule has 1 atom stereocenters. The van der Waals surface area contributed by atoms with Crippen LogP contribution in [0.25, 0.3) is 0 Å². The minimum absolute atomic E-state index is 0.0812. The quantitative estimate of drug-likeness (QED) is 0.867. The molecule has 0 heterocycles. The van der Waals surface area contributed by atoms with Crippen molar-refractivity contribution in [3.8, 4) is 0 Å². The highest BCUT2D eigenvalue weighted by molar-refractivity contribution is 7.90. The maximum Gasteiger partial charge on any atom is 0.407 e. The summed E-state index contributed by atoms with van der Waals surface area (Å²) in [4.78, 5) is 11.8. The summed E-state index contributed by atoms with van der Waals surface area (Å²) in [6.07, 6.45) is 0.686. The van der Waals surface area contributed by atoms with Crippen LogP contribution in [0.5, 0.6) is 0 Å². The van der Waals surface area contributed by atoms with Crippen molar-refractivity contribution in [1.82, 2.24) is 5.32 Å². The summed E-state index contributed by atoms with van der Waals surface area (Å²) in [5.74, 6) is 0. The fourth-order valence-electron chi connectivity index (χ4n) is 1.70. The van der Waals surface area contributed by atoms with Crippen LogP contribution in [0.2, 0.25) is 0 Å². The van der Waals surface area contributed by atoms with Crippen LogP contribution in [-0.2, 0) is 14.6 Å². The summed E-state index contributed by atoms with van der Waals surface area (Å²) in [5, 5.41) is 5.80. The van der Waals surface area contributed by atoms with E-state index in [0.717, 1.165) is 0 Å². The predicted octanol–water partition coefficient (Wildman–Crippen LogP) is 2.42. The summed E-state index contributed by atoms with van der Waals surface area (Å²) in [6.45, 7) is 7.63. The van der Waals surface area contributed by atoms with E-state index in [0.29, 0.717) is 12.2 Å². The molecule has 0 saturated heterocycles. The van der Waals surface area contributed by atoms with E-state index < -0.39 is 21.5 Å². The largest absolute Gasteiger partial charge is 0.444 e. The first-order valence-electron chi connectivity index (χ1n) is 7.01. The lowest BCUT2D eigenvalue weighted by atomic mass is 10.2. The summed E-state index contributed by atoms with van der Waals surface area (Å²) in [6, 6.07) is 6.48. The Balaban J connectivity index is 2.56. The van der Waals surface area contributed by atoms with Gasteiger partial charge >= 0.3 is 6.09 Å². The molecule has 1 aromatic rings. The average Bonchev–Trinajstić information content (AvgIpc) is 2.34. The highest BCUT2D eigenvalue weighted by atomic mass is 32.2. The van der Waals surface area contributed by atoms with Crippen molar-refractivity contribution in [1.29, 1.82) is 0 Å². The van der Waals surface area contributed by atoms with Crippen molar-refractivity contribution in [2.75, 3.05) is 18.1 Å². The molecule has 7 heteroatoms. The maximum absolute atomic E-state index is 11.6. The zero-order chi connectivity index (χ0) is 17.0. The second kappa shape index (κ2) is 7.00. The van der Waals surface area contributed by atoms with Gasteiger partial charge in [-0.15, -0.1) is 0 Å². The lowest BCUT2D eigenvalue weighted by Crippen LogP contribution is -2.38. The number of alkyl carbamates (subject to hydrolysis) is 1. The number of hydrogen-bond acceptors (Lipinski definition) is 5. The van der Waals surface area contributed by atoms with E-state index in [9.17, 15) is 13.2 Å². The molecule has 1 rings (SSSR count). The van der Waals surface area contributed by atoms with E-state index in [4.69, 9.17) is 4.74 Å². The van der Waals surface area contributed by atoms with Gasteiger partial charge in [-0.1, -0.05) is 6.07 Å². The number of nitrogens with one attached hydrogen (secondary N) is 2. The number of sulfone groups is 1. The van der Waals surface area contributed by atoms with Crippen molar-refractivity contribution in [3.05, 3.63) is 24.3 Å². The van der Waals surface area contributed by atoms with Crippen LogP contribution < -0.4 is 10.6 Å². The molecule has 124 valence electrons. The van der Waals surface area contributed by atoms with E-state index >= 15 is 0 Å². The second-order valence-electron chi connectivity index (χ2n) is 6.23. The summed E-state index contributed by atoms with van der Waals surface area (Å²) in [5.41, 5.74) is 0.145. The van der Waals surface area contributed by atoms with Crippen molar-refractivity contribution in [2.45, 2.75) is 44.2 Å².